The fourth-order valence-electron chi connectivity index (χ4n) is 1.96. The van der Waals surface area contributed by atoms with Crippen molar-refractivity contribution in [3.8, 4) is 0 Å². The molecule has 1 heterocycles. The van der Waals surface area contributed by atoms with Crippen molar-refractivity contribution in [2.75, 3.05) is 0 Å². The molecule has 3 aromatic rings. The van der Waals surface area contributed by atoms with Crippen LogP contribution in [0.1, 0.15) is 5.56 Å². The van der Waals surface area contributed by atoms with E-state index in [1.165, 1.54) is 18.2 Å². The average molecular weight is 304 g/mol. The summed E-state index contributed by atoms with van der Waals surface area (Å²) in [5, 5.41) is 0. The second-order valence-corrected chi connectivity index (χ2v) is 6.25. The maximum atomic E-state index is 12.2. The Hall–Kier alpha value is -2.38. The highest BCUT2D eigenvalue weighted by Crippen LogP contribution is 2.16. The molecule has 0 radical (unpaired) electrons. The van der Waals surface area contributed by atoms with E-state index in [1.54, 1.807) is 0 Å². The molecular formula is C14H12N2O4S. The van der Waals surface area contributed by atoms with Crippen LogP contribution < -0.4 is 10.5 Å². The molecule has 0 aliphatic heterocycles. The fraction of sp³-hybridized carbons (Fsp3) is 0.0714. The molecule has 0 amide bonds. The van der Waals surface area contributed by atoms with E-state index in [4.69, 9.17) is 4.42 Å². The number of aromatic amines is 1. The lowest BCUT2D eigenvalue weighted by atomic mass is 10.2. The number of fused-ring (bicyclic) bond motifs is 1. The third-order valence-electron chi connectivity index (χ3n) is 3.01. The molecule has 2 N–H and O–H groups in total. The first-order valence-electron chi connectivity index (χ1n) is 6.21. The van der Waals surface area contributed by atoms with E-state index in [-0.39, 0.29) is 11.4 Å². The molecule has 0 saturated carbocycles. The van der Waals surface area contributed by atoms with Gasteiger partial charge in [0, 0.05) is 6.54 Å². The first-order valence-corrected chi connectivity index (χ1v) is 7.69. The van der Waals surface area contributed by atoms with Gasteiger partial charge in [0.2, 0.25) is 10.0 Å². The highest BCUT2D eigenvalue weighted by Gasteiger charge is 2.15. The number of sulfonamides is 1. The maximum Gasteiger partial charge on any atom is 0.417 e. The van der Waals surface area contributed by atoms with Crippen LogP contribution >= 0.6 is 0 Å². The van der Waals surface area contributed by atoms with E-state index < -0.39 is 15.8 Å². The predicted octanol–water partition coefficient (Wildman–Crippen LogP) is 1.60. The zero-order valence-electron chi connectivity index (χ0n) is 10.9. The van der Waals surface area contributed by atoms with Crippen LogP contribution in [0.5, 0.6) is 0 Å². The van der Waals surface area contributed by atoms with Gasteiger partial charge in [-0.05, 0) is 23.8 Å². The summed E-state index contributed by atoms with van der Waals surface area (Å²) in [6.45, 7) is 0.198. The number of benzene rings is 2. The Bertz CT molecular complexity index is 926. The van der Waals surface area contributed by atoms with Gasteiger partial charge in [-0.3, -0.25) is 4.98 Å². The quantitative estimate of drug-likeness (QED) is 0.765. The molecule has 3 rings (SSSR count). The molecule has 6 nitrogen and oxygen atoms in total. The molecular weight excluding hydrogens is 292 g/mol. The van der Waals surface area contributed by atoms with Crippen LogP contribution in [0.15, 0.2) is 62.6 Å². The Morgan fingerprint density at radius 1 is 1.10 bits per heavy atom. The van der Waals surface area contributed by atoms with Gasteiger partial charge in [-0.2, -0.15) is 0 Å². The zero-order chi connectivity index (χ0) is 14.9. The topological polar surface area (TPSA) is 92.2 Å². The molecule has 0 aliphatic carbocycles. The molecule has 0 atom stereocenters. The van der Waals surface area contributed by atoms with Gasteiger partial charge in [-0.1, -0.05) is 30.3 Å². The summed E-state index contributed by atoms with van der Waals surface area (Å²) in [6, 6.07) is 13.4. The molecule has 7 heteroatoms. The molecule has 0 unspecified atom stereocenters. The minimum Gasteiger partial charge on any atom is -0.408 e. The molecule has 0 spiro atoms. The van der Waals surface area contributed by atoms with Crippen molar-refractivity contribution >= 4 is 21.1 Å². The Balaban J connectivity index is 1.87. The van der Waals surface area contributed by atoms with E-state index in [0.29, 0.717) is 11.1 Å². The smallest absolute Gasteiger partial charge is 0.408 e. The van der Waals surface area contributed by atoms with Gasteiger partial charge in [-0.25, -0.2) is 17.9 Å². The van der Waals surface area contributed by atoms with Crippen LogP contribution in [-0.2, 0) is 16.6 Å². The molecule has 0 aliphatic rings. The van der Waals surface area contributed by atoms with Crippen LogP contribution in [0.3, 0.4) is 0 Å². The van der Waals surface area contributed by atoms with E-state index in [0.717, 1.165) is 5.56 Å². The van der Waals surface area contributed by atoms with Crippen LogP contribution in [0.2, 0.25) is 0 Å². The second kappa shape index (κ2) is 5.19. The summed E-state index contributed by atoms with van der Waals surface area (Å²) in [7, 11) is -3.65. The molecule has 1 aromatic heterocycles. The zero-order valence-corrected chi connectivity index (χ0v) is 11.7. The Morgan fingerprint density at radius 2 is 1.86 bits per heavy atom. The third-order valence-corrected chi connectivity index (χ3v) is 4.41. The maximum absolute atomic E-state index is 12.2. The summed E-state index contributed by atoms with van der Waals surface area (Å²) >= 11 is 0. The summed E-state index contributed by atoms with van der Waals surface area (Å²) in [4.78, 5) is 13.6. The van der Waals surface area contributed by atoms with Crippen LogP contribution in [0.25, 0.3) is 11.1 Å². The number of nitrogens with one attached hydrogen (secondary N) is 2. The lowest BCUT2D eigenvalue weighted by molar-refractivity contribution is 0.555. The third kappa shape index (κ3) is 2.88. The Kier molecular flexibility index (Phi) is 3.36. The lowest BCUT2D eigenvalue weighted by Gasteiger charge is -2.06. The normalized spacial score (nSPS) is 11.8. The summed E-state index contributed by atoms with van der Waals surface area (Å²) in [6.07, 6.45) is 0. The van der Waals surface area contributed by atoms with E-state index in [1.807, 2.05) is 30.3 Å². The van der Waals surface area contributed by atoms with Crippen molar-refractivity contribution in [1.82, 2.24) is 9.71 Å². The summed E-state index contributed by atoms with van der Waals surface area (Å²) in [5.74, 6) is -0.614. The number of H-pyrrole nitrogens is 1. The van der Waals surface area contributed by atoms with Gasteiger partial charge >= 0.3 is 5.76 Å². The van der Waals surface area contributed by atoms with Crippen molar-refractivity contribution in [2.24, 2.45) is 0 Å². The van der Waals surface area contributed by atoms with Crippen molar-refractivity contribution < 1.29 is 12.8 Å². The fourth-order valence-corrected chi connectivity index (χ4v) is 3.00. The highest BCUT2D eigenvalue weighted by atomic mass is 32.2. The van der Waals surface area contributed by atoms with E-state index >= 15 is 0 Å². The SMILES string of the molecule is O=c1[nH]c2cc(S(=O)(=O)NCc3ccccc3)ccc2o1. The summed E-state index contributed by atoms with van der Waals surface area (Å²) in [5.41, 5.74) is 1.53. The number of hydrogen-bond acceptors (Lipinski definition) is 4. The average Bonchev–Trinajstić information content (AvgIpc) is 2.85. The van der Waals surface area contributed by atoms with Crippen molar-refractivity contribution in [2.45, 2.75) is 11.4 Å². The van der Waals surface area contributed by atoms with Crippen molar-refractivity contribution in [3.63, 3.8) is 0 Å². The Morgan fingerprint density at radius 3 is 2.62 bits per heavy atom. The first-order chi connectivity index (χ1) is 10.0. The Labute approximate surface area is 120 Å². The molecule has 21 heavy (non-hydrogen) atoms. The minimum atomic E-state index is -3.65. The van der Waals surface area contributed by atoms with Crippen LogP contribution in [-0.4, -0.2) is 13.4 Å². The number of rotatable bonds is 4. The number of aromatic nitrogens is 1. The van der Waals surface area contributed by atoms with Gasteiger partial charge in [-0.15, -0.1) is 0 Å². The van der Waals surface area contributed by atoms with E-state index in [9.17, 15) is 13.2 Å². The number of oxazole rings is 1. The van der Waals surface area contributed by atoms with E-state index in [2.05, 4.69) is 9.71 Å². The van der Waals surface area contributed by atoms with Gasteiger partial charge in [0.05, 0.1) is 10.4 Å². The van der Waals surface area contributed by atoms with Crippen molar-refractivity contribution in [3.05, 3.63) is 64.6 Å². The number of hydrogen-bond donors (Lipinski definition) is 2. The largest absolute Gasteiger partial charge is 0.417 e. The predicted molar refractivity (Wildman–Crippen MR) is 77.3 cm³/mol. The van der Waals surface area contributed by atoms with Gasteiger partial charge < -0.3 is 4.42 Å². The van der Waals surface area contributed by atoms with Crippen molar-refractivity contribution in [1.29, 1.82) is 0 Å². The van der Waals surface area contributed by atoms with Crippen LogP contribution in [0, 0.1) is 0 Å². The molecule has 0 bridgehead atoms. The molecule has 0 saturated heterocycles. The monoisotopic (exact) mass is 304 g/mol. The molecule has 108 valence electrons. The van der Waals surface area contributed by atoms with Gasteiger partial charge in [0.1, 0.15) is 0 Å². The standard InChI is InChI=1S/C14H12N2O4S/c17-14-16-12-8-11(6-7-13(12)20-14)21(18,19)15-9-10-4-2-1-3-5-10/h1-8,15H,9H2,(H,16,17). The van der Waals surface area contributed by atoms with Gasteiger partial charge in [0.25, 0.3) is 0 Å². The first kappa shape index (κ1) is 13.6. The molecule has 0 fully saturated rings. The summed E-state index contributed by atoms with van der Waals surface area (Å²) < 4.78 is 31.8. The second-order valence-electron chi connectivity index (χ2n) is 4.48. The highest BCUT2D eigenvalue weighted by molar-refractivity contribution is 7.89. The minimum absolute atomic E-state index is 0.0722. The van der Waals surface area contributed by atoms with Crippen LogP contribution in [0.4, 0.5) is 0 Å². The molecule has 2 aromatic carbocycles. The lowest BCUT2D eigenvalue weighted by Crippen LogP contribution is -2.23. The van der Waals surface area contributed by atoms with Gasteiger partial charge in [0.15, 0.2) is 5.58 Å².